The number of carbonyl (C=O) groups excluding carboxylic acids is 3. The van der Waals surface area contributed by atoms with Crippen LogP contribution in [0.2, 0.25) is 0 Å². The Balaban J connectivity index is 1.49. The lowest BCUT2D eigenvalue weighted by atomic mass is 9.95. The van der Waals surface area contributed by atoms with Crippen LogP contribution < -0.4 is 14.8 Å². The van der Waals surface area contributed by atoms with E-state index in [0.29, 0.717) is 46.0 Å². The molecule has 2 heterocycles. The smallest absolute Gasteiger partial charge is 0.491 e. The Morgan fingerprint density at radius 2 is 1.74 bits per heavy atom. The number of esters is 2. The average Bonchev–Trinajstić information content (AvgIpc) is 3.68. The van der Waals surface area contributed by atoms with Crippen LogP contribution in [0.15, 0.2) is 48.7 Å². The van der Waals surface area contributed by atoms with Crippen molar-refractivity contribution >= 4 is 34.7 Å². The van der Waals surface area contributed by atoms with Crippen LogP contribution in [0.3, 0.4) is 0 Å². The van der Waals surface area contributed by atoms with Gasteiger partial charge >= 0.3 is 18.1 Å². The number of nitrogens with one attached hydrogen (secondary N) is 1. The molecular weight excluding hydrogens is 605 g/mol. The number of hydrogen-bond acceptors (Lipinski definition) is 8. The van der Waals surface area contributed by atoms with Gasteiger partial charge in [-0.1, -0.05) is 43.9 Å². The number of amides is 1. The number of methoxy groups -OCH3 is 2. The molecule has 0 atom stereocenters. The third-order valence-corrected chi connectivity index (χ3v) is 8.13. The average molecular weight is 639 g/mol. The van der Waals surface area contributed by atoms with E-state index in [0.717, 1.165) is 17.5 Å². The van der Waals surface area contributed by atoms with Crippen LogP contribution in [0.25, 0.3) is 22.2 Å². The maximum atomic E-state index is 13.6. The zero-order chi connectivity index (χ0) is 33.0. The maximum Gasteiger partial charge on any atom is 0.491 e. The first-order valence-corrected chi connectivity index (χ1v) is 14.8. The molecule has 10 nitrogen and oxygen atoms in total. The van der Waals surface area contributed by atoms with E-state index in [1.165, 1.54) is 36.3 Å². The molecule has 0 spiro atoms. The van der Waals surface area contributed by atoms with Crippen molar-refractivity contribution in [2.24, 2.45) is 5.92 Å². The number of hydrogen-bond donors (Lipinski definition) is 1. The molecule has 5 rings (SSSR count). The van der Waals surface area contributed by atoms with Crippen molar-refractivity contribution in [1.82, 2.24) is 14.5 Å². The molecule has 0 aliphatic heterocycles. The van der Waals surface area contributed by atoms with Crippen molar-refractivity contribution < 1.29 is 41.8 Å². The summed E-state index contributed by atoms with van der Waals surface area (Å²) in [5.41, 5.74) is 3.21. The molecular formula is C33H33F3N4O6. The molecule has 0 saturated heterocycles. The second-order valence-corrected chi connectivity index (χ2v) is 11.2. The van der Waals surface area contributed by atoms with Crippen molar-refractivity contribution in [2.75, 3.05) is 19.5 Å². The summed E-state index contributed by atoms with van der Waals surface area (Å²) < 4.78 is 54.5. The summed E-state index contributed by atoms with van der Waals surface area (Å²) in [6.45, 7) is 1.07. The normalized spacial score (nSPS) is 13.5. The third kappa shape index (κ3) is 7.13. The van der Waals surface area contributed by atoms with Gasteiger partial charge in [0.25, 0.3) is 5.91 Å². The Labute approximate surface area is 262 Å². The number of rotatable bonds is 10. The van der Waals surface area contributed by atoms with Gasteiger partial charge in [-0.15, -0.1) is 0 Å². The van der Waals surface area contributed by atoms with Gasteiger partial charge in [-0.2, -0.15) is 13.2 Å². The van der Waals surface area contributed by atoms with E-state index < -0.39 is 30.6 Å². The van der Waals surface area contributed by atoms with Gasteiger partial charge in [0, 0.05) is 22.7 Å². The fraction of sp³-hybridized carbons (Fsp3) is 0.364. The van der Waals surface area contributed by atoms with E-state index in [9.17, 15) is 27.6 Å². The van der Waals surface area contributed by atoms with Gasteiger partial charge in [-0.25, -0.2) is 19.6 Å². The molecule has 1 fully saturated rings. The number of aromatic nitrogens is 3. The summed E-state index contributed by atoms with van der Waals surface area (Å²) in [5, 5.41) is 3.19. The Kier molecular flexibility index (Phi) is 9.59. The van der Waals surface area contributed by atoms with Crippen molar-refractivity contribution in [3.63, 3.8) is 0 Å². The molecule has 242 valence electrons. The van der Waals surface area contributed by atoms with Crippen molar-refractivity contribution in [1.29, 1.82) is 0 Å². The largest absolute Gasteiger partial charge is 0.496 e. The van der Waals surface area contributed by atoms with E-state index in [2.05, 4.69) is 15.0 Å². The molecule has 46 heavy (non-hydrogen) atoms. The van der Waals surface area contributed by atoms with Crippen molar-refractivity contribution in [3.8, 4) is 22.8 Å². The molecule has 0 radical (unpaired) electrons. The number of carbonyl (C=O) groups is 3. The summed E-state index contributed by atoms with van der Waals surface area (Å²) in [5.74, 6) is -3.10. The van der Waals surface area contributed by atoms with E-state index in [1.807, 2.05) is 19.1 Å². The van der Waals surface area contributed by atoms with E-state index in [4.69, 9.17) is 14.5 Å². The van der Waals surface area contributed by atoms with Gasteiger partial charge < -0.3 is 18.8 Å². The van der Waals surface area contributed by atoms with Gasteiger partial charge in [-0.05, 0) is 61.1 Å². The van der Waals surface area contributed by atoms with Crippen molar-refractivity contribution in [2.45, 2.75) is 58.2 Å². The first-order valence-electron chi connectivity index (χ1n) is 14.8. The molecule has 4 aromatic rings. The molecule has 1 N–H and O–H groups in total. The van der Waals surface area contributed by atoms with Gasteiger partial charge in [0.15, 0.2) is 0 Å². The molecule has 0 bridgehead atoms. The summed E-state index contributed by atoms with van der Waals surface area (Å²) in [6, 6.07) is 11.7. The number of benzene rings is 2. The van der Waals surface area contributed by atoms with Gasteiger partial charge in [-0.3, -0.25) is 10.1 Å². The van der Waals surface area contributed by atoms with Gasteiger partial charge in [0.1, 0.15) is 23.7 Å². The van der Waals surface area contributed by atoms with Crippen LogP contribution in [0, 0.1) is 12.8 Å². The highest BCUT2D eigenvalue weighted by molar-refractivity contribution is 6.06. The first-order chi connectivity index (χ1) is 22.0. The predicted molar refractivity (Wildman–Crippen MR) is 163 cm³/mol. The Morgan fingerprint density at radius 3 is 2.43 bits per heavy atom. The summed E-state index contributed by atoms with van der Waals surface area (Å²) in [4.78, 5) is 46.3. The van der Waals surface area contributed by atoms with E-state index in [1.54, 1.807) is 44.7 Å². The number of halogens is 3. The fourth-order valence-corrected chi connectivity index (χ4v) is 5.83. The lowest BCUT2D eigenvalue weighted by molar-refractivity contribution is -0.202. The lowest BCUT2D eigenvalue weighted by Crippen LogP contribution is -2.30. The van der Waals surface area contributed by atoms with Crippen LogP contribution in [0.4, 0.5) is 19.1 Å². The number of fused-ring (bicyclic) bond motifs is 1. The monoisotopic (exact) mass is 638 g/mol. The predicted octanol–water partition coefficient (Wildman–Crippen LogP) is 6.43. The highest BCUT2D eigenvalue weighted by Crippen LogP contribution is 2.38. The van der Waals surface area contributed by atoms with Crippen LogP contribution in [-0.2, 0) is 27.3 Å². The minimum Gasteiger partial charge on any atom is -0.496 e. The zero-order valence-electron chi connectivity index (χ0n) is 25.6. The quantitative estimate of drug-likeness (QED) is 0.156. The molecule has 1 aliphatic carbocycles. The van der Waals surface area contributed by atoms with Gasteiger partial charge in [0.05, 0.1) is 19.9 Å². The topological polar surface area (TPSA) is 122 Å². The molecule has 13 heteroatoms. The van der Waals surface area contributed by atoms with Crippen LogP contribution in [0.5, 0.6) is 11.5 Å². The maximum absolute atomic E-state index is 13.6. The minimum atomic E-state index is -5.35. The Bertz CT molecular complexity index is 1780. The number of alkyl halides is 3. The van der Waals surface area contributed by atoms with Crippen molar-refractivity contribution in [3.05, 3.63) is 65.5 Å². The van der Waals surface area contributed by atoms with E-state index >= 15 is 0 Å². The number of nitrogens with zero attached hydrogens (tertiary/aromatic N) is 3. The number of aryl methyl sites for hydroxylation is 2. The van der Waals surface area contributed by atoms with Crippen LogP contribution >= 0.6 is 0 Å². The fourth-order valence-electron chi connectivity index (χ4n) is 5.83. The zero-order valence-corrected chi connectivity index (χ0v) is 25.6. The Hall–Kier alpha value is -4.94. The molecule has 1 aliphatic rings. The molecule has 1 amide bonds. The molecule has 1 saturated carbocycles. The second kappa shape index (κ2) is 13.6. The summed E-state index contributed by atoms with van der Waals surface area (Å²) in [7, 11) is 3.12. The van der Waals surface area contributed by atoms with E-state index in [-0.39, 0.29) is 11.6 Å². The highest BCUT2D eigenvalue weighted by atomic mass is 19.4. The lowest BCUT2D eigenvalue weighted by Gasteiger charge is -2.17. The van der Waals surface area contributed by atoms with Crippen LogP contribution in [0.1, 0.15) is 53.7 Å². The minimum absolute atomic E-state index is 0.0437. The summed E-state index contributed by atoms with van der Waals surface area (Å²) in [6.07, 6.45) is 2.77. The summed E-state index contributed by atoms with van der Waals surface area (Å²) >= 11 is 0. The number of ether oxygens (including phenoxy) is 3. The molecule has 2 aromatic carbocycles. The third-order valence-electron chi connectivity index (χ3n) is 8.13. The van der Waals surface area contributed by atoms with Crippen LogP contribution in [-0.4, -0.2) is 52.8 Å². The number of anilines is 1. The highest BCUT2D eigenvalue weighted by Gasteiger charge is 2.42. The molecule has 2 aromatic heterocycles. The first kappa shape index (κ1) is 32.5. The Morgan fingerprint density at radius 1 is 1.02 bits per heavy atom. The standard InChI is InChI=1S/C33H33F3N4O6/c1-19-14-27(45-3)23(16-26(19)44-2)29-22(13-12-20-8-4-5-9-20)17-37-32(38-29)39-30(42)25-15-21-10-6-7-11-24(21)40(25)18-28(41)46-31(43)33(34,35)36/h6-7,10-11,14-17,20H,4-5,8-9,12-13,18H2,1-3H3,(H,37,38,39,42). The second-order valence-electron chi connectivity index (χ2n) is 11.2. The molecule has 0 unspecified atom stereocenters. The van der Waals surface area contributed by atoms with Gasteiger partial charge in [0.2, 0.25) is 5.95 Å². The number of para-hydroxylation sites is 1. The SMILES string of the molecule is COc1cc(-c2nc(NC(=O)c3cc4ccccc4n3CC(=O)OC(=O)C(F)(F)F)ncc2CCC2CCCC2)c(OC)cc1C.